The fourth-order valence-corrected chi connectivity index (χ4v) is 1.98. The van der Waals surface area contributed by atoms with Crippen LogP contribution < -0.4 is 10.6 Å². The second kappa shape index (κ2) is 7.84. The van der Waals surface area contributed by atoms with Crippen LogP contribution in [0.5, 0.6) is 0 Å². The van der Waals surface area contributed by atoms with E-state index in [0.29, 0.717) is 24.3 Å². The van der Waals surface area contributed by atoms with Crippen LogP contribution in [0.1, 0.15) is 29.4 Å². The van der Waals surface area contributed by atoms with Crippen LogP contribution in [0.25, 0.3) is 0 Å². The second-order valence-electron chi connectivity index (χ2n) is 3.99. The maximum absolute atomic E-state index is 11.5. The van der Waals surface area contributed by atoms with Crippen LogP contribution in [0.15, 0.2) is 17.5 Å². The van der Waals surface area contributed by atoms with Crippen LogP contribution in [-0.4, -0.2) is 36.1 Å². The largest absolute Gasteiger partial charge is 0.394 e. The standard InChI is InChI=1S/C12H18N2O3S/c1-9(8-15)14-11(16)5-2-6-13-12(17)10-4-3-7-18-10/h3-4,7,9,15H,2,5-6,8H2,1H3,(H,13,17)(H,14,16)/t9-/m0/s1. The number of hydrogen-bond donors (Lipinski definition) is 3. The Morgan fingerprint density at radius 1 is 1.50 bits per heavy atom. The molecule has 6 heteroatoms. The number of carbonyl (C=O) groups is 2. The molecule has 0 bridgehead atoms. The number of nitrogens with one attached hydrogen (secondary N) is 2. The first-order chi connectivity index (χ1) is 8.63. The van der Waals surface area contributed by atoms with E-state index < -0.39 is 0 Å². The minimum Gasteiger partial charge on any atom is -0.394 e. The number of aliphatic hydroxyl groups excluding tert-OH is 1. The quantitative estimate of drug-likeness (QED) is 0.640. The van der Waals surface area contributed by atoms with Gasteiger partial charge in [-0.1, -0.05) is 6.07 Å². The van der Waals surface area contributed by atoms with Crippen LogP contribution >= 0.6 is 11.3 Å². The summed E-state index contributed by atoms with van der Waals surface area (Å²) in [5.74, 6) is -0.212. The number of rotatable bonds is 7. The van der Waals surface area contributed by atoms with Gasteiger partial charge in [-0.15, -0.1) is 11.3 Å². The molecule has 0 aromatic carbocycles. The Bertz CT molecular complexity index is 379. The van der Waals surface area contributed by atoms with Crippen molar-refractivity contribution < 1.29 is 14.7 Å². The summed E-state index contributed by atoms with van der Waals surface area (Å²) in [6, 6.07) is 3.36. The Labute approximate surface area is 110 Å². The predicted octanol–water partition coefficient (Wildman–Crippen LogP) is 0.755. The average Bonchev–Trinajstić information content (AvgIpc) is 2.88. The van der Waals surface area contributed by atoms with Crippen LogP contribution in [0.2, 0.25) is 0 Å². The van der Waals surface area contributed by atoms with Crippen molar-refractivity contribution in [3.63, 3.8) is 0 Å². The fourth-order valence-electron chi connectivity index (χ4n) is 1.34. The zero-order chi connectivity index (χ0) is 13.4. The van der Waals surface area contributed by atoms with Crippen LogP contribution in [0, 0.1) is 0 Å². The highest BCUT2D eigenvalue weighted by molar-refractivity contribution is 7.12. The van der Waals surface area contributed by atoms with E-state index in [-0.39, 0.29) is 24.5 Å². The molecule has 0 aliphatic carbocycles. The Hall–Kier alpha value is -1.40. The van der Waals surface area contributed by atoms with Crippen molar-refractivity contribution in [2.75, 3.05) is 13.2 Å². The van der Waals surface area contributed by atoms with E-state index in [0.717, 1.165) is 0 Å². The lowest BCUT2D eigenvalue weighted by molar-refractivity contribution is -0.122. The monoisotopic (exact) mass is 270 g/mol. The third kappa shape index (κ3) is 5.29. The van der Waals surface area contributed by atoms with Gasteiger partial charge in [-0.3, -0.25) is 9.59 Å². The number of aliphatic hydroxyl groups is 1. The molecule has 18 heavy (non-hydrogen) atoms. The van der Waals surface area contributed by atoms with Crippen molar-refractivity contribution in [2.24, 2.45) is 0 Å². The summed E-state index contributed by atoms with van der Waals surface area (Å²) in [4.78, 5) is 23.6. The summed E-state index contributed by atoms with van der Waals surface area (Å²) in [5, 5.41) is 16.0. The van der Waals surface area contributed by atoms with Crippen molar-refractivity contribution in [1.82, 2.24) is 10.6 Å². The Morgan fingerprint density at radius 2 is 2.28 bits per heavy atom. The molecule has 5 nitrogen and oxygen atoms in total. The molecule has 1 rings (SSSR count). The Kier molecular flexibility index (Phi) is 6.38. The lowest BCUT2D eigenvalue weighted by Crippen LogP contribution is -2.35. The minimum absolute atomic E-state index is 0.0686. The third-order valence-electron chi connectivity index (χ3n) is 2.29. The van der Waals surface area contributed by atoms with E-state index in [1.807, 2.05) is 11.4 Å². The SMILES string of the molecule is C[C@@H](CO)NC(=O)CCCNC(=O)c1cccs1. The minimum atomic E-state index is -0.224. The summed E-state index contributed by atoms with van der Waals surface area (Å²) >= 11 is 1.39. The van der Waals surface area contributed by atoms with E-state index in [2.05, 4.69) is 10.6 Å². The zero-order valence-electron chi connectivity index (χ0n) is 10.3. The van der Waals surface area contributed by atoms with Gasteiger partial charge in [-0.25, -0.2) is 0 Å². The average molecular weight is 270 g/mol. The van der Waals surface area contributed by atoms with Crippen molar-refractivity contribution in [3.05, 3.63) is 22.4 Å². The molecular formula is C12H18N2O3S. The molecule has 100 valence electrons. The molecule has 0 fully saturated rings. The molecular weight excluding hydrogens is 252 g/mol. The van der Waals surface area contributed by atoms with E-state index in [1.165, 1.54) is 11.3 Å². The molecule has 0 aliphatic heterocycles. The molecule has 0 saturated carbocycles. The predicted molar refractivity (Wildman–Crippen MR) is 70.6 cm³/mol. The Balaban J connectivity index is 2.12. The van der Waals surface area contributed by atoms with Crippen molar-refractivity contribution in [1.29, 1.82) is 0 Å². The van der Waals surface area contributed by atoms with E-state index >= 15 is 0 Å². The van der Waals surface area contributed by atoms with E-state index in [9.17, 15) is 9.59 Å². The number of thiophene rings is 1. The van der Waals surface area contributed by atoms with Crippen LogP contribution in [-0.2, 0) is 4.79 Å². The molecule has 0 radical (unpaired) electrons. The van der Waals surface area contributed by atoms with Gasteiger partial charge >= 0.3 is 0 Å². The van der Waals surface area contributed by atoms with Crippen LogP contribution in [0.4, 0.5) is 0 Å². The molecule has 3 N–H and O–H groups in total. The van der Waals surface area contributed by atoms with Gasteiger partial charge in [-0.2, -0.15) is 0 Å². The summed E-state index contributed by atoms with van der Waals surface area (Å²) in [6.07, 6.45) is 0.927. The smallest absolute Gasteiger partial charge is 0.261 e. The highest BCUT2D eigenvalue weighted by atomic mass is 32.1. The molecule has 1 heterocycles. The highest BCUT2D eigenvalue weighted by Crippen LogP contribution is 2.07. The van der Waals surface area contributed by atoms with Gasteiger partial charge in [0.25, 0.3) is 5.91 Å². The number of amides is 2. The van der Waals surface area contributed by atoms with Crippen LogP contribution in [0.3, 0.4) is 0 Å². The fraction of sp³-hybridized carbons (Fsp3) is 0.500. The first-order valence-corrected chi connectivity index (χ1v) is 6.73. The summed E-state index contributed by atoms with van der Waals surface area (Å²) < 4.78 is 0. The molecule has 1 atom stereocenters. The van der Waals surface area contributed by atoms with Gasteiger partial charge in [0.1, 0.15) is 0 Å². The topological polar surface area (TPSA) is 78.4 Å². The molecule has 1 aromatic rings. The Morgan fingerprint density at radius 3 is 2.89 bits per heavy atom. The second-order valence-corrected chi connectivity index (χ2v) is 4.94. The first-order valence-electron chi connectivity index (χ1n) is 5.85. The lowest BCUT2D eigenvalue weighted by atomic mass is 10.2. The van der Waals surface area contributed by atoms with Crippen molar-refractivity contribution in [2.45, 2.75) is 25.8 Å². The molecule has 0 aliphatic rings. The van der Waals surface area contributed by atoms with Gasteiger partial charge in [0.2, 0.25) is 5.91 Å². The third-order valence-corrected chi connectivity index (χ3v) is 3.16. The van der Waals surface area contributed by atoms with Gasteiger partial charge < -0.3 is 15.7 Å². The van der Waals surface area contributed by atoms with Crippen molar-refractivity contribution >= 4 is 23.2 Å². The number of hydrogen-bond acceptors (Lipinski definition) is 4. The highest BCUT2D eigenvalue weighted by Gasteiger charge is 2.07. The van der Waals surface area contributed by atoms with Gasteiger partial charge in [0, 0.05) is 19.0 Å². The molecule has 0 saturated heterocycles. The molecule has 1 aromatic heterocycles. The summed E-state index contributed by atoms with van der Waals surface area (Å²) in [5.41, 5.74) is 0. The van der Waals surface area contributed by atoms with Gasteiger partial charge in [-0.05, 0) is 24.8 Å². The van der Waals surface area contributed by atoms with Gasteiger partial charge in [0.05, 0.1) is 11.5 Å². The summed E-state index contributed by atoms with van der Waals surface area (Å²) in [6.45, 7) is 2.13. The molecule has 2 amide bonds. The zero-order valence-corrected chi connectivity index (χ0v) is 11.1. The van der Waals surface area contributed by atoms with Gasteiger partial charge in [0.15, 0.2) is 0 Å². The van der Waals surface area contributed by atoms with E-state index in [1.54, 1.807) is 13.0 Å². The normalized spacial score (nSPS) is 11.9. The van der Waals surface area contributed by atoms with Crippen molar-refractivity contribution in [3.8, 4) is 0 Å². The maximum Gasteiger partial charge on any atom is 0.261 e. The molecule has 0 spiro atoms. The first kappa shape index (κ1) is 14.7. The lowest BCUT2D eigenvalue weighted by Gasteiger charge is -2.10. The summed E-state index contributed by atoms with van der Waals surface area (Å²) in [7, 11) is 0. The molecule has 0 unspecified atom stereocenters. The number of carbonyl (C=O) groups excluding carboxylic acids is 2. The van der Waals surface area contributed by atoms with E-state index in [4.69, 9.17) is 5.11 Å². The maximum atomic E-state index is 11.5.